The molecular weight excluding hydrogens is 129 g/mol. The van der Waals surface area contributed by atoms with Crippen molar-refractivity contribution in [2.45, 2.75) is 6.04 Å². The van der Waals surface area contributed by atoms with Gasteiger partial charge in [-0.05, 0) is 0 Å². The summed E-state index contributed by atoms with van der Waals surface area (Å²) in [5, 5.41) is 0. The first-order valence-electron chi connectivity index (χ1n) is 2.16. The van der Waals surface area contributed by atoms with Gasteiger partial charge in [0.2, 0.25) is 0 Å². The molecule has 0 saturated carbocycles. The lowest BCUT2D eigenvalue weighted by atomic mass is 11.3. The van der Waals surface area contributed by atoms with Gasteiger partial charge in [0.05, 0.1) is 7.11 Å². The highest BCUT2D eigenvalue weighted by atomic mass is 32.1. The van der Waals surface area contributed by atoms with E-state index in [1.807, 2.05) is 0 Å². The highest BCUT2D eigenvalue weighted by molar-refractivity contribution is 7.80. The van der Waals surface area contributed by atoms with Crippen LogP contribution in [0, 0.1) is 0 Å². The summed E-state index contributed by atoms with van der Waals surface area (Å²) >= 11 is 3.78. The van der Waals surface area contributed by atoms with Crippen molar-refractivity contribution >= 4 is 18.6 Å². The molecule has 0 saturated heterocycles. The zero-order valence-electron chi connectivity index (χ0n) is 4.63. The molecule has 8 heavy (non-hydrogen) atoms. The molecule has 0 aromatic heterocycles. The largest absolute Gasteiger partial charge is 0.468 e. The van der Waals surface area contributed by atoms with Crippen LogP contribution in [-0.2, 0) is 9.53 Å². The molecule has 0 aliphatic carbocycles. The predicted octanol–water partition coefficient (Wildman–Crippen LogP) is -0.583. The number of ether oxygens (including phenoxy) is 1. The van der Waals surface area contributed by atoms with Crippen LogP contribution in [0.1, 0.15) is 0 Å². The molecular formula is C4H9NO2S. The lowest BCUT2D eigenvalue weighted by molar-refractivity contribution is -0.141. The number of carbonyl (C=O) groups excluding carboxylic acids is 1. The SMILES string of the molecule is CO[13C](=O)[13C@@H](N)[13CH2]S. The van der Waals surface area contributed by atoms with Crippen LogP contribution in [0.15, 0.2) is 0 Å². The van der Waals surface area contributed by atoms with Crippen molar-refractivity contribution in [1.82, 2.24) is 0 Å². The maximum atomic E-state index is 10.3. The van der Waals surface area contributed by atoms with Crippen molar-refractivity contribution in [3.63, 3.8) is 0 Å². The molecule has 0 amide bonds. The van der Waals surface area contributed by atoms with Crippen LogP contribution in [0.2, 0.25) is 0 Å². The predicted molar refractivity (Wildman–Crippen MR) is 33.8 cm³/mol. The molecule has 0 aromatic rings. The molecule has 0 aliphatic heterocycles. The zero-order valence-corrected chi connectivity index (χ0v) is 5.52. The van der Waals surface area contributed by atoms with Gasteiger partial charge in [0.15, 0.2) is 0 Å². The molecule has 1 atom stereocenters. The Balaban J connectivity index is 3.46. The van der Waals surface area contributed by atoms with E-state index >= 15 is 0 Å². The first-order chi connectivity index (χ1) is 3.72. The van der Waals surface area contributed by atoms with E-state index in [4.69, 9.17) is 5.73 Å². The Morgan fingerprint density at radius 2 is 2.50 bits per heavy atom. The highest BCUT2D eigenvalue weighted by Crippen LogP contribution is 1.84. The molecule has 0 unspecified atom stereocenters. The molecule has 48 valence electrons. The number of nitrogens with two attached hydrogens (primary N) is 1. The molecule has 0 aromatic carbocycles. The number of rotatable bonds is 2. The van der Waals surface area contributed by atoms with Gasteiger partial charge in [-0.25, -0.2) is 0 Å². The second-order valence-corrected chi connectivity index (χ2v) is 1.68. The van der Waals surface area contributed by atoms with E-state index in [0.29, 0.717) is 5.75 Å². The molecule has 0 radical (unpaired) electrons. The van der Waals surface area contributed by atoms with Gasteiger partial charge in [0.25, 0.3) is 0 Å². The van der Waals surface area contributed by atoms with Crippen LogP contribution in [0.25, 0.3) is 0 Å². The van der Waals surface area contributed by atoms with Gasteiger partial charge in [-0.2, -0.15) is 12.6 Å². The van der Waals surface area contributed by atoms with Gasteiger partial charge in [-0.1, -0.05) is 0 Å². The average molecular weight is 138 g/mol. The molecule has 0 rings (SSSR count). The van der Waals surface area contributed by atoms with Gasteiger partial charge in [-0.3, -0.25) is 4.79 Å². The lowest BCUT2D eigenvalue weighted by Gasteiger charge is -2.02. The Bertz CT molecular complexity index is 86.1. The summed E-state index contributed by atoms with van der Waals surface area (Å²) in [7, 11) is 1.30. The first kappa shape index (κ1) is 7.78. The third-order valence-corrected chi connectivity index (χ3v) is 1.09. The minimum atomic E-state index is -0.580. The zero-order chi connectivity index (χ0) is 6.57. The Kier molecular flexibility index (Phi) is 3.64. The molecule has 0 heterocycles. The molecule has 0 spiro atoms. The number of methoxy groups -OCH3 is 1. The van der Waals surface area contributed by atoms with Crippen molar-refractivity contribution in [3.05, 3.63) is 0 Å². The first-order valence-corrected chi connectivity index (χ1v) is 2.80. The molecule has 2 N–H and O–H groups in total. The topological polar surface area (TPSA) is 52.3 Å². The fraction of sp³-hybridized carbons (Fsp3) is 0.750. The van der Waals surface area contributed by atoms with Crippen molar-refractivity contribution in [2.75, 3.05) is 12.9 Å². The van der Waals surface area contributed by atoms with E-state index in [9.17, 15) is 4.79 Å². The van der Waals surface area contributed by atoms with Gasteiger partial charge in [0, 0.05) is 5.75 Å². The quantitative estimate of drug-likeness (QED) is 0.305. The van der Waals surface area contributed by atoms with Gasteiger partial charge < -0.3 is 10.5 Å². The van der Waals surface area contributed by atoms with E-state index in [1.165, 1.54) is 7.11 Å². The standard InChI is InChI=1S/C4H9NO2S/c1-7-4(6)3(5)2-8/h3,8H,2,5H2,1H3/t3-/m0/s1/i2+1,3+1,4+1. The number of hydrogen-bond donors (Lipinski definition) is 2. The summed E-state index contributed by atoms with van der Waals surface area (Å²) in [6, 6.07) is -0.580. The maximum absolute atomic E-state index is 10.3. The monoisotopic (exact) mass is 138 g/mol. The molecule has 4 heteroatoms. The Labute approximate surface area is 53.6 Å². The van der Waals surface area contributed by atoms with Gasteiger partial charge in [0.1, 0.15) is 6.04 Å². The van der Waals surface area contributed by atoms with Crippen molar-refractivity contribution in [2.24, 2.45) is 5.73 Å². The van der Waals surface area contributed by atoms with Crippen LogP contribution >= 0.6 is 12.6 Å². The van der Waals surface area contributed by atoms with E-state index in [1.54, 1.807) is 0 Å². The lowest BCUT2D eigenvalue weighted by Crippen LogP contribution is -2.32. The molecule has 0 aliphatic rings. The Hall–Kier alpha value is -0.220. The minimum absolute atomic E-state index is 0.326. The summed E-state index contributed by atoms with van der Waals surface area (Å²) in [5.41, 5.74) is 5.18. The fourth-order valence-electron chi connectivity index (χ4n) is 0.226. The van der Waals surface area contributed by atoms with Gasteiger partial charge >= 0.3 is 5.97 Å². The summed E-state index contributed by atoms with van der Waals surface area (Å²) in [6.07, 6.45) is 0. The van der Waals surface area contributed by atoms with Crippen LogP contribution in [0.3, 0.4) is 0 Å². The third kappa shape index (κ3) is 2.18. The molecule has 0 fully saturated rings. The number of hydrogen-bond acceptors (Lipinski definition) is 4. The second-order valence-electron chi connectivity index (χ2n) is 1.31. The Morgan fingerprint density at radius 1 is 2.00 bits per heavy atom. The van der Waals surface area contributed by atoms with Crippen LogP contribution in [-0.4, -0.2) is 24.9 Å². The minimum Gasteiger partial charge on any atom is -0.468 e. The maximum Gasteiger partial charge on any atom is 0.323 e. The molecule has 0 bridgehead atoms. The molecule has 3 nitrogen and oxygen atoms in total. The van der Waals surface area contributed by atoms with Gasteiger partial charge in [-0.15, -0.1) is 0 Å². The van der Waals surface area contributed by atoms with Crippen LogP contribution < -0.4 is 5.73 Å². The third-order valence-electron chi connectivity index (χ3n) is 0.701. The van der Waals surface area contributed by atoms with E-state index in [-0.39, 0.29) is 0 Å². The van der Waals surface area contributed by atoms with E-state index < -0.39 is 12.0 Å². The normalized spacial score (nSPS) is 12.9. The van der Waals surface area contributed by atoms with Crippen molar-refractivity contribution in [1.29, 1.82) is 0 Å². The smallest absolute Gasteiger partial charge is 0.323 e. The summed E-state index contributed by atoms with van der Waals surface area (Å²) in [5.74, 6) is -0.0906. The summed E-state index contributed by atoms with van der Waals surface area (Å²) in [6.45, 7) is 0. The van der Waals surface area contributed by atoms with Crippen molar-refractivity contribution in [3.8, 4) is 0 Å². The Morgan fingerprint density at radius 3 is 2.62 bits per heavy atom. The second kappa shape index (κ2) is 3.74. The number of esters is 1. The van der Waals surface area contributed by atoms with E-state index in [2.05, 4.69) is 17.4 Å². The van der Waals surface area contributed by atoms with E-state index in [0.717, 1.165) is 0 Å². The fourth-order valence-corrected chi connectivity index (χ4v) is 0.375. The van der Waals surface area contributed by atoms with Crippen molar-refractivity contribution < 1.29 is 9.53 Å². The highest BCUT2D eigenvalue weighted by Gasteiger charge is 2.09. The average Bonchev–Trinajstić information content (AvgIpc) is 1.84. The number of carbonyl (C=O) groups is 1. The summed E-state index contributed by atoms with van der Waals surface area (Å²) < 4.78 is 4.29. The summed E-state index contributed by atoms with van der Waals surface area (Å²) in [4.78, 5) is 10.3. The number of thiol groups is 1. The van der Waals surface area contributed by atoms with Crippen LogP contribution in [0.4, 0.5) is 0 Å². The van der Waals surface area contributed by atoms with Crippen LogP contribution in [0.5, 0.6) is 0 Å².